The number of aromatic nitrogens is 1. The maximum Gasteiger partial charge on any atom is 0.253 e. The molecule has 0 spiro atoms. The van der Waals surface area contributed by atoms with Crippen LogP contribution < -0.4 is 14.8 Å². The Labute approximate surface area is 156 Å². The van der Waals surface area contributed by atoms with Crippen molar-refractivity contribution < 1.29 is 18.7 Å². The highest BCUT2D eigenvalue weighted by atomic mass is 19.1. The molecule has 1 N–H and O–H groups in total. The molecule has 6 heteroatoms. The molecule has 0 saturated heterocycles. The molecule has 0 unspecified atom stereocenters. The number of ether oxygens (including phenoxy) is 2. The Morgan fingerprint density at radius 3 is 2.56 bits per heavy atom. The molecule has 0 saturated carbocycles. The number of para-hydroxylation sites is 1. The number of carbonyl (C=O) groups is 1. The van der Waals surface area contributed by atoms with Crippen LogP contribution in [0.5, 0.6) is 11.5 Å². The van der Waals surface area contributed by atoms with Crippen molar-refractivity contribution in [2.75, 3.05) is 14.2 Å². The number of amides is 1. The van der Waals surface area contributed by atoms with Crippen LogP contribution >= 0.6 is 0 Å². The van der Waals surface area contributed by atoms with E-state index in [0.717, 1.165) is 5.56 Å². The molecule has 1 aromatic heterocycles. The van der Waals surface area contributed by atoms with Crippen molar-refractivity contribution in [3.05, 3.63) is 77.7 Å². The van der Waals surface area contributed by atoms with E-state index < -0.39 is 0 Å². The molecule has 0 bridgehead atoms. The van der Waals surface area contributed by atoms with Gasteiger partial charge < -0.3 is 14.8 Å². The van der Waals surface area contributed by atoms with E-state index in [2.05, 4.69) is 10.3 Å². The van der Waals surface area contributed by atoms with Gasteiger partial charge in [0.15, 0.2) is 11.5 Å². The Balaban J connectivity index is 1.70. The van der Waals surface area contributed by atoms with Crippen LogP contribution in [0.3, 0.4) is 0 Å². The summed E-state index contributed by atoms with van der Waals surface area (Å²) in [5.41, 5.74) is 2.47. The maximum atomic E-state index is 13.3. The van der Waals surface area contributed by atoms with Crippen molar-refractivity contribution in [2.45, 2.75) is 6.54 Å². The van der Waals surface area contributed by atoms with Gasteiger partial charge in [0, 0.05) is 23.9 Å². The second kappa shape index (κ2) is 8.31. The van der Waals surface area contributed by atoms with Gasteiger partial charge in [0.2, 0.25) is 0 Å². The van der Waals surface area contributed by atoms with Gasteiger partial charge in [0.25, 0.3) is 5.91 Å². The Morgan fingerprint density at radius 2 is 1.89 bits per heavy atom. The normalized spacial score (nSPS) is 10.3. The number of pyridine rings is 1. The van der Waals surface area contributed by atoms with Crippen LogP contribution in [0.1, 0.15) is 15.9 Å². The van der Waals surface area contributed by atoms with E-state index in [1.807, 2.05) is 12.1 Å². The molecule has 138 valence electrons. The average Bonchev–Trinajstić information content (AvgIpc) is 2.71. The molecule has 3 rings (SSSR count). The lowest BCUT2D eigenvalue weighted by Crippen LogP contribution is -2.23. The van der Waals surface area contributed by atoms with E-state index in [0.29, 0.717) is 28.3 Å². The molecule has 2 aromatic carbocycles. The van der Waals surface area contributed by atoms with Gasteiger partial charge in [-0.3, -0.25) is 9.78 Å². The quantitative estimate of drug-likeness (QED) is 0.720. The van der Waals surface area contributed by atoms with Crippen molar-refractivity contribution in [1.29, 1.82) is 0 Å². The molecule has 1 amide bonds. The summed E-state index contributed by atoms with van der Waals surface area (Å²) in [4.78, 5) is 16.6. The second-order valence-corrected chi connectivity index (χ2v) is 5.78. The van der Waals surface area contributed by atoms with E-state index in [4.69, 9.17) is 9.47 Å². The van der Waals surface area contributed by atoms with Crippen LogP contribution in [0.4, 0.5) is 4.39 Å². The zero-order chi connectivity index (χ0) is 19.2. The monoisotopic (exact) mass is 366 g/mol. The van der Waals surface area contributed by atoms with Crippen molar-refractivity contribution in [3.8, 4) is 22.8 Å². The van der Waals surface area contributed by atoms with E-state index in [1.165, 1.54) is 18.3 Å². The van der Waals surface area contributed by atoms with E-state index in [-0.39, 0.29) is 18.3 Å². The smallest absolute Gasteiger partial charge is 0.253 e. The highest BCUT2D eigenvalue weighted by Gasteiger charge is 2.12. The molecule has 0 aliphatic heterocycles. The second-order valence-electron chi connectivity index (χ2n) is 5.78. The van der Waals surface area contributed by atoms with E-state index in [1.54, 1.807) is 44.6 Å². The molecule has 0 radical (unpaired) electrons. The predicted molar refractivity (Wildman–Crippen MR) is 100 cm³/mol. The number of hydrogen-bond acceptors (Lipinski definition) is 4. The summed E-state index contributed by atoms with van der Waals surface area (Å²) in [6.07, 6.45) is 1.47. The Hall–Kier alpha value is -3.41. The van der Waals surface area contributed by atoms with Crippen LogP contribution in [0.2, 0.25) is 0 Å². The third-order valence-corrected chi connectivity index (χ3v) is 4.07. The molecule has 0 atom stereocenters. The van der Waals surface area contributed by atoms with Gasteiger partial charge in [0.1, 0.15) is 5.82 Å². The molecule has 0 aliphatic rings. The molecule has 5 nitrogen and oxygen atoms in total. The summed E-state index contributed by atoms with van der Waals surface area (Å²) >= 11 is 0. The number of methoxy groups -OCH3 is 2. The number of benzene rings is 2. The highest BCUT2D eigenvalue weighted by molar-refractivity contribution is 5.94. The standard InChI is InChI=1S/C21H19FN2O3/c1-26-19-8-4-6-15(20(19)27-2)12-24-21(25)16-9-10-18(23-13-16)14-5-3-7-17(22)11-14/h3-11,13H,12H2,1-2H3,(H,24,25). The summed E-state index contributed by atoms with van der Waals surface area (Å²) < 4.78 is 23.9. The third-order valence-electron chi connectivity index (χ3n) is 4.07. The maximum absolute atomic E-state index is 13.3. The minimum absolute atomic E-state index is 0.266. The minimum Gasteiger partial charge on any atom is -0.493 e. The highest BCUT2D eigenvalue weighted by Crippen LogP contribution is 2.30. The number of rotatable bonds is 6. The molecule has 0 fully saturated rings. The Morgan fingerprint density at radius 1 is 1.07 bits per heavy atom. The first kappa shape index (κ1) is 18.4. The Bertz CT molecular complexity index is 942. The zero-order valence-corrected chi connectivity index (χ0v) is 15.0. The molecular weight excluding hydrogens is 347 g/mol. The molecule has 3 aromatic rings. The van der Waals surface area contributed by atoms with Crippen LogP contribution in [0, 0.1) is 5.82 Å². The average molecular weight is 366 g/mol. The summed E-state index contributed by atoms with van der Waals surface area (Å²) in [5, 5.41) is 2.84. The molecule has 0 aliphatic carbocycles. The summed E-state index contributed by atoms with van der Waals surface area (Å²) in [5.74, 6) is 0.590. The number of carbonyl (C=O) groups excluding carboxylic acids is 1. The topological polar surface area (TPSA) is 60.5 Å². The largest absolute Gasteiger partial charge is 0.493 e. The van der Waals surface area contributed by atoms with Crippen molar-refractivity contribution in [1.82, 2.24) is 10.3 Å². The predicted octanol–water partition coefficient (Wildman–Crippen LogP) is 3.83. The van der Waals surface area contributed by atoms with Gasteiger partial charge in [-0.2, -0.15) is 0 Å². The van der Waals surface area contributed by atoms with Crippen LogP contribution in [0.15, 0.2) is 60.8 Å². The fourth-order valence-electron chi connectivity index (χ4n) is 2.72. The lowest BCUT2D eigenvalue weighted by Gasteiger charge is -2.13. The van der Waals surface area contributed by atoms with Gasteiger partial charge in [-0.05, 0) is 30.3 Å². The zero-order valence-electron chi connectivity index (χ0n) is 15.0. The fourth-order valence-corrected chi connectivity index (χ4v) is 2.72. The van der Waals surface area contributed by atoms with E-state index >= 15 is 0 Å². The first-order valence-corrected chi connectivity index (χ1v) is 8.32. The van der Waals surface area contributed by atoms with E-state index in [9.17, 15) is 9.18 Å². The van der Waals surface area contributed by atoms with Crippen LogP contribution in [-0.4, -0.2) is 25.1 Å². The molecule has 1 heterocycles. The van der Waals surface area contributed by atoms with Crippen LogP contribution in [-0.2, 0) is 6.54 Å². The van der Waals surface area contributed by atoms with Gasteiger partial charge >= 0.3 is 0 Å². The van der Waals surface area contributed by atoms with Gasteiger partial charge in [-0.1, -0.05) is 24.3 Å². The number of halogens is 1. The fraction of sp³-hybridized carbons (Fsp3) is 0.143. The Kier molecular flexibility index (Phi) is 5.66. The third kappa shape index (κ3) is 4.23. The van der Waals surface area contributed by atoms with Gasteiger partial charge in [0.05, 0.1) is 25.5 Å². The summed E-state index contributed by atoms with van der Waals surface area (Å²) in [6.45, 7) is 0.283. The van der Waals surface area contributed by atoms with Crippen molar-refractivity contribution in [3.63, 3.8) is 0 Å². The van der Waals surface area contributed by atoms with Gasteiger partial charge in [-0.25, -0.2) is 4.39 Å². The first-order chi connectivity index (χ1) is 13.1. The lowest BCUT2D eigenvalue weighted by atomic mass is 10.1. The summed E-state index contributed by atoms with van der Waals surface area (Å²) in [6, 6.07) is 15.0. The number of hydrogen-bond donors (Lipinski definition) is 1. The summed E-state index contributed by atoms with van der Waals surface area (Å²) in [7, 11) is 3.12. The minimum atomic E-state index is -0.330. The molecular formula is C21H19FN2O3. The number of nitrogens with zero attached hydrogens (tertiary/aromatic N) is 1. The lowest BCUT2D eigenvalue weighted by molar-refractivity contribution is 0.0950. The number of nitrogens with one attached hydrogen (secondary N) is 1. The molecule has 27 heavy (non-hydrogen) atoms. The van der Waals surface area contributed by atoms with Gasteiger partial charge in [-0.15, -0.1) is 0 Å². The van der Waals surface area contributed by atoms with Crippen molar-refractivity contribution in [2.24, 2.45) is 0 Å². The van der Waals surface area contributed by atoms with Crippen molar-refractivity contribution >= 4 is 5.91 Å². The van der Waals surface area contributed by atoms with Crippen LogP contribution in [0.25, 0.3) is 11.3 Å². The first-order valence-electron chi connectivity index (χ1n) is 8.32. The SMILES string of the molecule is COc1cccc(CNC(=O)c2ccc(-c3cccc(F)c3)nc2)c1OC.